The first kappa shape index (κ1) is 13.6. The lowest BCUT2D eigenvalue weighted by Gasteiger charge is -2.05. The Morgan fingerprint density at radius 3 is 2.58 bits per heavy atom. The monoisotopic (exact) mass is 264 g/mol. The highest BCUT2D eigenvalue weighted by molar-refractivity contribution is 6.00. The fourth-order valence-corrected chi connectivity index (χ4v) is 2.39. The van der Waals surface area contributed by atoms with Crippen LogP contribution >= 0.6 is 0 Å². The second kappa shape index (κ2) is 5.47. The van der Waals surface area contributed by atoms with E-state index in [0.717, 1.165) is 12.3 Å². The molecule has 0 unspecified atom stereocenters. The fraction of sp³-hybridized carbons (Fsp3) is 0.571. The fourth-order valence-electron chi connectivity index (χ4n) is 2.39. The van der Waals surface area contributed by atoms with Gasteiger partial charge in [0.05, 0.1) is 5.56 Å². The molecular weight excluding hydrogens is 244 g/mol. The number of nitrogens with one attached hydrogen (secondary N) is 2. The number of hydrogen-bond acceptors (Lipinski definition) is 2. The van der Waals surface area contributed by atoms with Gasteiger partial charge in [-0.3, -0.25) is 4.79 Å². The molecule has 0 saturated heterocycles. The number of aromatic nitrogens is 1. The van der Waals surface area contributed by atoms with Crippen LogP contribution in [0.1, 0.15) is 57.8 Å². The van der Waals surface area contributed by atoms with E-state index in [2.05, 4.69) is 10.3 Å². The topological polar surface area (TPSA) is 82.2 Å². The molecule has 1 amide bonds. The number of aryl methyl sites for hydroxylation is 1. The zero-order valence-corrected chi connectivity index (χ0v) is 11.4. The van der Waals surface area contributed by atoms with Crippen LogP contribution in [0, 0.1) is 19.8 Å². The molecule has 0 spiro atoms. The molecule has 1 heterocycles. The minimum absolute atomic E-state index is 0.0978. The lowest BCUT2D eigenvalue weighted by atomic mass is 10.1. The van der Waals surface area contributed by atoms with Crippen molar-refractivity contribution in [3.63, 3.8) is 0 Å². The normalized spacial score (nSPS) is 14.4. The standard InChI is InChI=1S/C14H20N2O3/c1-8-11(9(2)16-12(8)14(18)19)13(17)15-7-3-4-10-5-6-10/h10,16H,3-7H2,1-2H3,(H,15,17)(H,18,19). The van der Waals surface area contributed by atoms with E-state index in [1.165, 1.54) is 19.3 Å². The molecule has 1 aromatic heterocycles. The lowest BCUT2D eigenvalue weighted by Crippen LogP contribution is -2.25. The smallest absolute Gasteiger partial charge is 0.352 e. The molecule has 5 heteroatoms. The van der Waals surface area contributed by atoms with Gasteiger partial charge in [0.2, 0.25) is 0 Å². The molecule has 1 aromatic rings. The Morgan fingerprint density at radius 1 is 1.37 bits per heavy atom. The number of carboxylic acid groups (broad SMARTS) is 1. The third kappa shape index (κ3) is 3.16. The molecule has 0 aliphatic heterocycles. The van der Waals surface area contributed by atoms with Crippen LogP contribution in [0.15, 0.2) is 0 Å². The van der Waals surface area contributed by atoms with E-state index in [9.17, 15) is 9.59 Å². The van der Waals surface area contributed by atoms with Gasteiger partial charge in [0.1, 0.15) is 5.69 Å². The highest BCUT2D eigenvalue weighted by Gasteiger charge is 2.22. The zero-order valence-electron chi connectivity index (χ0n) is 11.4. The number of hydrogen-bond donors (Lipinski definition) is 3. The summed E-state index contributed by atoms with van der Waals surface area (Å²) in [7, 11) is 0. The Balaban J connectivity index is 1.95. The number of aromatic carboxylic acids is 1. The Hall–Kier alpha value is -1.78. The molecule has 19 heavy (non-hydrogen) atoms. The minimum Gasteiger partial charge on any atom is -0.477 e. The van der Waals surface area contributed by atoms with Crippen LogP contribution in [-0.2, 0) is 0 Å². The summed E-state index contributed by atoms with van der Waals surface area (Å²) >= 11 is 0. The summed E-state index contributed by atoms with van der Waals surface area (Å²) in [6, 6.07) is 0. The number of rotatable bonds is 6. The first-order chi connectivity index (χ1) is 9.00. The number of carboxylic acids is 1. The van der Waals surface area contributed by atoms with Crippen LogP contribution in [-0.4, -0.2) is 28.5 Å². The predicted octanol–water partition coefficient (Wildman–Crippen LogP) is 2.25. The third-order valence-corrected chi connectivity index (χ3v) is 3.65. The van der Waals surface area contributed by atoms with E-state index in [0.29, 0.717) is 23.4 Å². The van der Waals surface area contributed by atoms with Gasteiger partial charge in [0.25, 0.3) is 5.91 Å². The maximum atomic E-state index is 12.1. The van der Waals surface area contributed by atoms with Crippen LogP contribution in [0.2, 0.25) is 0 Å². The minimum atomic E-state index is -1.03. The zero-order chi connectivity index (χ0) is 14.0. The summed E-state index contributed by atoms with van der Waals surface area (Å²) in [5.74, 6) is -0.353. The van der Waals surface area contributed by atoms with Gasteiger partial charge in [-0.2, -0.15) is 0 Å². The molecule has 0 atom stereocenters. The van der Waals surface area contributed by atoms with Crippen LogP contribution in [0.3, 0.4) is 0 Å². The van der Waals surface area contributed by atoms with E-state index in [1.54, 1.807) is 13.8 Å². The number of H-pyrrole nitrogens is 1. The van der Waals surface area contributed by atoms with Gasteiger partial charge < -0.3 is 15.4 Å². The lowest BCUT2D eigenvalue weighted by molar-refractivity contribution is 0.0690. The van der Waals surface area contributed by atoms with Crippen molar-refractivity contribution in [2.75, 3.05) is 6.54 Å². The van der Waals surface area contributed by atoms with Gasteiger partial charge in [-0.1, -0.05) is 12.8 Å². The van der Waals surface area contributed by atoms with Crippen molar-refractivity contribution in [1.29, 1.82) is 0 Å². The largest absolute Gasteiger partial charge is 0.477 e. The number of amides is 1. The summed E-state index contributed by atoms with van der Waals surface area (Å²) in [5.41, 5.74) is 1.67. The van der Waals surface area contributed by atoms with Crippen molar-refractivity contribution in [1.82, 2.24) is 10.3 Å². The summed E-state index contributed by atoms with van der Waals surface area (Å²) in [4.78, 5) is 25.8. The van der Waals surface area contributed by atoms with Crippen LogP contribution < -0.4 is 5.32 Å². The number of carbonyl (C=O) groups excluding carboxylic acids is 1. The van der Waals surface area contributed by atoms with Gasteiger partial charge in [-0.05, 0) is 38.2 Å². The maximum absolute atomic E-state index is 12.1. The van der Waals surface area contributed by atoms with E-state index in [4.69, 9.17) is 5.11 Å². The molecule has 0 bridgehead atoms. The Labute approximate surface area is 112 Å². The number of aromatic amines is 1. The molecule has 2 rings (SSSR count). The van der Waals surface area contributed by atoms with Gasteiger partial charge in [-0.15, -0.1) is 0 Å². The number of carbonyl (C=O) groups is 2. The van der Waals surface area contributed by atoms with Crippen LogP contribution in [0.25, 0.3) is 0 Å². The second-order valence-electron chi connectivity index (χ2n) is 5.27. The maximum Gasteiger partial charge on any atom is 0.352 e. The molecule has 1 fully saturated rings. The molecule has 1 saturated carbocycles. The predicted molar refractivity (Wildman–Crippen MR) is 71.5 cm³/mol. The van der Waals surface area contributed by atoms with Gasteiger partial charge >= 0.3 is 5.97 Å². The average Bonchev–Trinajstić information content (AvgIpc) is 3.10. The molecule has 3 N–H and O–H groups in total. The average molecular weight is 264 g/mol. The summed E-state index contributed by atoms with van der Waals surface area (Å²) < 4.78 is 0. The highest BCUT2D eigenvalue weighted by atomic mass is 16.4. The van der Waals surface area contributed by atoms with Gasteiger partial charge in [0.15, 0.2) is 0 Å². The second-order valence-corrected chi connectivity index (χ2v) is 5.27. The highest BCUT2D eigenvalue weighted by Crippen LogP contribution is 2.33. The molecule has 5 nitrogen and oxygen atoms in total. The first-order valence-corrected chi connectivity index (χ1v) is 6.71. The van der Waals surface area contributed by atoms with Gasteiger partial charge in [0, 0.05) is 12.2 Å². The summed E-state index contributed by atoms with van der Waals surface area (Å²) in [6.45, 7) is 4.03. The van der Waals surface area contributed by atoms with Crippen molar-refractivity contribution < 1.29 is 14.7 Å². The van der Waals surface area contributed by atoms with E-state index < -0.39 is 5.97 Å². The van der Waals surface area contributed by atoms with Crippen molar-refractivity contribution >= 4 is 11.9 Å². The molecular formula is C14H20N2O3. The first-order valence-electron chi connectivity index (χ1n) is 6.71. The summed E-state index contributed by atoms with van der Waals surface area (Å²) in [5, 5.41) is 11.9. The molecule has 1 aliphatic carbocycles. The van der Waals surface area contributed by atoms with Crippen LogP contribution in [0.5, 0.6) is 0 Å². The van der Waals surface area contributed by atoms with Crippen molar-refractivity contribution in [2.24, 2.45) is 5.92 Å². The molecule has 1 aliphatic rings. The SMILES string of the molecule is Cc1[nH]c(C(=O)O)c(C)c1C(=O)NCCCC1CC1. The van der Waals surface area contributed by atoms with Crippen molar-refractivity contribution in [2.45, 2.75) is 39.5 Å². The van der Waals surface area contributed by atoms with Gasteiger partial charge in [-0.25, -0.2) is 4.79 Å². The quantitative estimate of drug-likeness (QED) is 0.689. The molecule has 104 valence electrons. The molecule has 0 radical (unpaired) electrons. The van der Waals surface area contributed by atoms with E-state index >= 15 is 0 Å². The third-order valence-electron chi connectivity index (χ3n) is 3.65. The van der Waals surface area contributed by atoms with Crippen LogP contribution in [0.4, 0.5) is 0 Å². The Kier molecular flexibility index (Phi) is 3.93. The summed E-state index contributed by atoms with van der Waals surface area (Å²) in [6.07, 6.45) is 4.81. The van der Waals surface area contributed by atoms with Crippen molar-refractivity contribution in [3.05, 3.63) is 22.5 Å². The Morgan fingerprint density at radius 2 is 2.05 bits per heavy atom. The van der Waals surface area contributed by atoms with E-state index in [1.807, 2.05) is 0 Å². The van der Waals surface area contributed by atoms with E-state index in [-0.39, 0.29) is 11.6 Å². The molecule has 0 aromatic carbocycles. The van der Waals surface area contributed by atoms with Crippen molar-refractivity contribution in [3.8, 4) is 0 Å². The Bertz CT molecular complexity index is 501.